The van der Waals surface area contributed by atoms with Gasteiger partial charge in [0, 0.05) is 0 Å². The van der Waals surface area contributed by atoms with Crippen LogP contribution in [-0.2, 0) is 4.79 Å². The van der Waals surface area contributed by atoms with Gasteiger partial charge in [-0.2, -0.15) is 0 Å². The molecule has 20 heavy (non-hydrogen) atoms. The highest BCUT2D eigenvalue weighted by Gasteiger charge is 2.10. The number of allylic oxidation sites excluding steroid dienone is 2. The third kappa shape index (κ3) is 15.2. The molecule has 0 heterocycles. The van der Waals surface area contributed by atoms with Gasteiger partial charge in [-0.15, -0.1) is 0 Å². The minimum absolute atomic E-state index is 0.137. The molecule has 3 heteroatoms. The first kappa shape index (κ1) is 21.5. The summed E-state index contributed by atoms with van der Waals surface area (Å²) in [6.45, 7) is 6.14. The molecule has 0 saturated heterocycles. The van der Waals surface area contributed by atoms with Gasteiger partial charge in [0.05, 0.1) is 6.04 Å². The van der Waals surface area contributed by atoms with E-state index in [1.807, 2.05) is 13.8 Å². The third-order valence-electron chi connectivity index (χ3n) is 3.20. The normalized spacial score (nSPS) is 15.0. The number of nitrogens with one attached hydrogen (secondary N) is 1. The molecule has 3 N–H and O–H groups in total. The van der Waals surface area contributed by atoms with Crippen LogP contribution in [0, 0.1) is 0 Å². The Kier molecular flexibility index (Phi) is 19.5. The van der Waals surface area contributed by atoms with Crippen LogP contribution >= 0.6 is 0 Å². The van der Waals surface area contributed by atoms with Crippen molar-refractivity contribution in [1.29, 1.82) is 0 Å². The zero-order chi connectivity index (χ0) is 15.6. The number of amides is 1. The Hall–Kier alpha value is -0.830. The van der Waals surface area contributed by atoms with Crippen LogP contribution in [0.3, 0.4) is 0 Å². The zero-order valence-corrected chi connectivity index (χ0v) is 14.1. The number of carbonyl (C=O) groups excluding carboxylic acids is 1. The molecule has 1 rings (SSSR count). The van der Waals surface area contributed by atoms with Crippen molar-refractivity contribution in [3.8, 4) is 0 Å². The van der Waals surface area contributed by atoms with E-state index >= 15 is 0 Å². The highest BCUT2D eigenvalue weighted by molar-refractivity contribution is 5.79. The zero-order valence-electron chi connectivity index (χ0n) is 14.1. The van der Waals surface area contributed by atoms with Crippen molar-refractivity contribution in [2.75, 3.05) is 7.05 Å². The Morgan fingerprint density at radius 3 is 2.10 bits per heavy atom. The molecule has 0 radical (unpaired) electrons. The smallest absolute Gasteiger partial charge is 0.234 e. The van der Waals surface area contributed by atoms with Crippen molar-refractivity contribution in [2.24, 2.45) is 5.73 Å². The molecule has 0 fully saturated rings. The van der Waals surface area contributed by atoms with Crippen molar-refractivity contribution in [3.05, 3.63) is 12.2 Å². The molecule has 0 saturated carbocycles. The van der Waals surface area contributed by atoms with Gasteiger partial charge in [0.15, 0.2) is 0 Å². The highest BCUT2D eigenvalue weighted by Crippen LogP contribution is 2.08. The molecule has 1 aliphatic rings. The summed E-state index contributed by atoms with van der Waals surface area (Å²) in [4.78, 5) is 10.7. The van der Waals surface area contributed by atoms with Gasteiger partial charge in [-0.1, -0.05) is 58.6 Å². The predicted molar refractivity (Wildman–Crippen MR) is 89.8 cm³/mol. The summed E-state index contributed by atoms with van der Waals surface area (Å²) in [5.74, 6) is -0.247. The van der Waals surface area contributed by atoms with Crippen molar-refractivity contribution in [1.82, 2.24) is 5.32 Å². The lowest BCUT2D eigenvalue weighted by atomic mass is 10.1. The summed E-state index contributed by atoms with van der Waals surface area (Å²) >= 11 is 0. The Balaban J connectivity index is 0. The molecule has 0 aromatic carbocycles. The van der Waals surface area contributed by atoms with Crippen LogP contribution in [0.15, 0.2) is 12.2 Å². The van der Waals surface area contributed by atoms with Gasteiger partial charge < -0.3 is 11.1 Å². The molecular weight excluding hydrogens is 248 g/mol. The first-order chi connectivity index (χ1) is 9.72. The van der Waals surface area contributed by atoms with Crippen LogP contribution in [0.2, 0.25) is 0 Å². The summed E-state index contributed by atoms with van der Waals surface area (Å²) in [5.41, 5.74) is 5.13. The van der Waals surface area contributed by atoms with E-state index in [4.69, 9.17) is 5.73 Å². The maximum absolute atomic E-state index is 10.7. The predicted octanol–water partition coefficient (Wildman–Crippen LogP) is 4.17. The van der Waals surface area contributed by atoms with E-state index in [2.05, 4.69) is 24.4 Å². The summed E-state index contributed by atoms with van der Waals surface area (Å²) in [5, 5.41) is 2.89. The van der Waals surface area contributed by atoms with Crippen LogP contribution in [0.1, 0.15) is 78.6 Å². The molecular formula is C17H36N2O. The number of likely N-dealkylation sites (N-methyl/N-ethyl adjacent to an activating group) is 1. The Morgan fingerprint density at radius 2 is 1.70 bits per heavy atom. The van der Waals surface area contributed by atoms with Gasteiger partial charge >= 0.3 is 0 Å². The van der Waals surface area contributed by atoms with E-state index in [9.17, 15) is 4.79 Å². The first-order valence-electron chi connectivity index (χ1n) is 8.34. The Morgan fingerprint density at radius 1 is 1.15 bits per heavy atom. The summed E-state index contributed by atoms with van der Waals surface area (Å²) in [6.07, 6.45) is 15.8. The lowest BCUT2D eigenvalue weighted by Gasteiger charge is -2.10. The fourth-order valence-electron chi connectivity index (χ4n) is 1.96. The van der Waals surface area contributed by atoms with E-state index in [1.54, 1.807) is 7.05 Å². The average Bonchev–Trinajstić information content (AvgIpc) is 2.78. The minimum atomic E-state index is -0.247. The summed E-state index contributed by atoms with van der Waals surface area (Å²) in [7, 11) is 1.77. The van der Waals surface area contributed by atoms with Crippen molar-refractivity contribution < 1.29 is 4.79 Å². The quantitative estimate of drug-likeness (QED) is 0.568. The second-order valence-corrected chi connectivity index (χ2v) is 4.85. The lowest BCUT2D eigenvalue weighted by molar-refractivity contribution is -0.120. The number of rotatable bonds is 6. The molecule has 120 valence electrons. The monoisotopic (exact) mass is 284 g/mol. The molecule has 0 bridgehead atoms. The van der Waals surface area contributed by atoms with Gasteiger partial charge in [0.1, 0.15) is 0 Å². The highest BCUT2D eigenvalue weighted by atomic mass is 16.1. The molecule has 1 amide bonds. The van der Waals surface area contributed by atoms with E-state index in [0.717, 1.165) is 12.8 Å². The van der Waals surface area contributed by atoms with Crippen LogP contribution in [0.4, 0.5) is 0 Å². The van der Waals surface area contributed by atoms with Gasteiger partial charge in [-0.25, -0.2) is 0 Å². The third-order valence-corrected chi connectivity index (χ3v) is 3.20. The fraction of sp³-hybridized carbons (Fsp3) is 0.824. The van der Waals surface area contributed by atoms with Crippen LogP contribution in [0.5, 0.6) is 0 Å². The number of carbonyl (C=O) groups is 1. The summed E-state index contributed by atoms with van der Waals surface area (Å²) < 4.78 is 0. The SMILES string of the molecule is C1=CCCCCC1.CC.CCCCCC(NC)C(N)=O. The average molecular weight is 284 g/mol. The maximum Gasteiger partial charge on any atom is 0.234 e. The lowest BCUT2D eigenvalue weighted by Crippen LogP contribution is -2.38. The molecule has 1 aliphatic carbocycles. The largest absolute Gasteiger partial charge is 0.368 e. The first-order valence-corrected chi connectivity index (χ1v) is 8.34. The van der Waals surface area contributed by atoms with Gasteiger partial charge in [0.2, 0.25) is 5.91 Å². The van der Waals surface area contributed by atoms with Gasteiger partial charge in [-0.3, -0.25) is 4.79 Å². The molecule has 0 aromatic heterocycles. The molecule has 3 nitrogen and oxygen atoms in total. The molecule has 0 aromatic rings. The standard InChI is InChI=1S/C8H18N2O.C7H12.C2H6/c1-3-4-5-6-7(10-2)8(9)11;1-2-4-6-7-5-3-1;1-2/h7,10H,3-6H2,1-2H3,(H2,9,11);1-2H,3-7H2;1-2H3. The van der Waals surface area contributed by atoms with Crippen molar-refractivity contribution >= 4 is 5.91 Å². The van der Waals surface area contributed by atoms with Crippen LogP contribution < -0.4 is 11.1 Å². The van der Waals surface area contributed by atoms with Crippen molar-refractivity contribution in [3.63, 3.8) is 0 Å². The molecule has 0 spiro atoms. The number of hydrogen-bond acceptors (Lipinski definition) is 2. The van der Waals surface area contributed by atoms with Crippen molar-refractivity contribution in [2.45, 2.75) is 84.6 Å². The topological polar surface area (TPSA) is 55.1 Å². The minimum Gasteiger partial charge on any atom is -0.368 e. The number of unbranched alkanes of at least 4 members (excludes halogenated alkanes) is 2. The Labute approximate surface area is 126 Å². The van der Waals surface area contributed by atoms with Gasteiger partial charge in [0.25, 0.3) is 0 Å². The van der Waals surface area contributed by atoms with E-state index in [-0.39, 0.29) is 11.9 Å². The number of hydrogen-bond donors (Lipinski definition) is 2. The fourth-order valence-corrected chi connectivity index (χ4v) is 1.96. The van der Waals surface area contributed by atoms with Crippen LogP contribution in [0.25, 0.3) is 0 Å². The van der Waals surface area contributed by atoms with E-state index in [0.29, 0.717) is 0 Å². The molecule has 1 unspecified atom stereocenters. The molecule has 0 aliphatic heterocycles. The molecule has 1 atom stereocenters. The van der Waals surface area contributed by atoms with Crippen LogP contribution in [-0.4, -0.2) is 19.0 Å². The Bertz CT molecular complexity index is 219. The second kappa shape index (κ2) is 18.2. The maximum atomic E-state index is 10.7. The van der Waals surface area contributed by atoms with E-state index in [1.165, 1.54) is 44.9 Å². The summed E-state index contributed by atoms with van der Waals surface area (Å²) in [6, 6.07) is -0.137. The van der Waals surface area contributed by atoms with E-state index < -0.39 is 0 Å². The van der Waals surface area contributed by atoms with Gasteiger partial charge in [-0.05, 0) is 39.2 Å². The second-order valence-electron chi connectivity index (χ2n) is 4.85. The number of nitrogens with two attached hydrogens (primary N) is 1. The number of primary amides is 1.